The average molecular weight is 250 g/mol. The lowest BCUT2D eigenvalue weighted by Gasteiger charge is -2.18. The first kappa shape index (κ1) is 11.7. The zero-order chi connectivity index (χ0) is 12.7. The van der Waals surface area contributed by atoms with E-state index >= 15 is 0 Å². The highest BCUT2D eigenvalue weighted by Crippen LogP contribution is 2.26. The number of nitrogens with zero attached hydrogens (tertiary/aromatic N) is 1. The largest absolute Gasteiger partial charge is 0.358 e. The Bertz CT molecular complexity index is 576. The molecule has 0 amide bonds. The van der Waals surface area contributed by atoms with Crippen molar-refractivity contribution in [3.05, 3.63) is 35.5 Å². The summed E-state index contributed by atoms with van der Waals surface area (Å²) < 4.78 is 26.7. The molecule has 1 saturated heterocycles. The van der Waals surface area contributed by atoms with Crippen LogP contribution >= 0.6 is 0 Å². The lowest BCUT2D eigenvalue weighted by Crippen LogP contribution is -2.26. The second kappa shape index (κ2) is 4.35. The molecule has 0 spiro atoms. The quantitative estimate of drug-likeness (QED) is 0.867. The molecule has 2 aromatic rings. The summed E-state index contributed by atoms with van der Waals surface area (Å²) in [6.07, 6.45) is 5.08. The van der Waals surface area contributed by atoms with E-state index in [9.17, 15) is 8.78 Å². The minimum absolute atomic E-state index is 0.283. The first-order valence-electron chi connectivity index (χ1n) is 6.31. The van der Waals surface area contributed by atoms with E-state index in [0.29, 0.717) is 6.04 Å². The monoisotopic (exact) mass is 250 g/mol. The van der Waals surface area contributed by atoms with Gasteiger partial charge in [-0.25, -0.2) is 8.78 Å². The molecule has 1 N–H and O–H groups in total. The van der Waals surface area contributed by atoms with Gasteiger partial charge >= 0.3 is 0 Å². The molecular formula is C14H16F2N2. The van der Waals surface area contributed by atoms with Crippen LogP contribution in [0.15, 0.2) is 18.3 Å². The van der Waals surface area contributed by atoms with Crippen LogP contribution < -0.4 is 0 Å². The third-order valence-electron chi connectivity index (χ3n) is 3.96. The van der Waals surface area contributed by atoms with Crippen molar-refractivity contribution in [3.63, 3.8) is 0 Å². The Kier molecular flexibility index (Phi) is 2.82. The van der Waals surface area contributed by atoms with Gasteiger partial charge in [0.05, 0.1) is 5.52 Å². The number of aromatic amines is 1. The van der Waals surface area contributed by atoms with Crippen LogP contribution in [0.5, 0.6) is 0 Å². The van der Waals surface area contributed by atoms with Crippen molar-refractivity contribution in [1.82, 2.24) is 9.88 Å². The van der Waals surface area contributed by atoms with Crippen LogP contribution in [0.1, 0.15) is 18.4 Å². The van der Waals surface area contributed by atoms with Gasteiger partial charge in [0.25, 0.3) is 0 Å². The number of rotatable bonds is 2. The van der Waals surface area contributed by atoms with E-state index in [0.717, 1.165) is 23.9 Å². The number of aromatic nitrogens is 1. The number of benzene rings is 1. The molecule has 1 unspecified atom stereocenters. The Labute approximate surface area is 105 Å². The molecule has 0 saturated carbocycles. The van der Waals surface area contributed by atoms with Crippen molar-refractivity contribution in [2.24, 2.45) is 0 Å². The number of likely N-dealkylation sites (N-methyl/N-ethyl adjacent to an activating group) is 1. The summed E-state index contributed by atoms with van der Waals surface area (Å²) in [5.74, 6) is -1.58. The summed E-state index contributed by atoms with van der Waals surface area (Å²) in [7, 11) is 2.12. The van der Waals surface area contributed by atoms with E-state index in [2.05, 4.69) is 16.9 Å². The SMILES string of the molecule is CN1CCCC1Cc1c[nH]c2c(F)c(F)ccc12. The molecule has 18 heavy (non-hydrogen) atoms. The van der Waals surface area contributed by atoms with Gasteiger partial charge in [0.2, 0.25) is 0 Å². The number of nitrogens with one attached hydrogen (secondary N) is 1. The Hall–Kier alpha value is -1.42. The predicted octanol–water partition coefficient (Wildman–Crippen LogP) is 3.08. The van der Waals surface area contributed by atoms with Crippen molar-refractivity contribution in [2.45, 2.75) is 25.3 Å². The molecule has 1 aliphatic rings. The van der Waals surface area contributed by atoms with E-state index in [-0.39, 0.29) is 5.52 Å². The van der Waals surface area contributed by atoms with Gasteiger partial charge in [-0.2, -0.15) is 0 Å². The number of hydrogen-bond acceptors (Lipinski definition) is 1. The van der Waals surface area contributed by atoms with Gasteiger partial charge in [0, 0.05) is 17.6 Å². The third kappa shape index (κ3) is 1.81. The van der Waals surface area contributed by atoms with Crippen molar-refractivity contribution < 1.29 is 8.78 Å². The van der Waals surface area contributed by atoms with Crippen LogP contribution in [-0.2, 0) is 6.42 Å². The topological polar surface area (TPSA) is 19.0 Å². The Morgan fingerprint density at radius 1 is 1.39 bits per heavy atom. The van der Waals surface area contributed by atoms with Gasteiger partial charge < -0.3 is 9.88 Å². The zero-order valence-electron chi connectivity index (χ0n) is 10.3. The minimum Gasteiger partial charge on any atom is -0.358 e. The highest BCUT2D eigenvalue weighted by atomic mass is 19.2. The van der Waals surface area contributed by atoms with Crippen molar-refractivity contribution in [2.75, 3.05) is 13.6 Å². The molecule has 0 aliphatic carbocycles. The number of likely N-dealkylation sites (tertiary alicyclic amines) is 1. The number of fused-ring (bicyclic) bond motifs is 1. The smallest absolute Gasteiger partial charge is 0.182 e. The van der Waals surface area contributed by atoms with Gasteiger partial charge in [-0.1, -0.05) is 0 Å². The third-order valence-corrected chi connectivity index (χ3v) is 3.96. The van der Waals surface area contributed by atoms with E-state index < -0.39 is 11.6 Å². The lowest BCUT2D eigenvalue weighted by atomic mass is 10.0. The van der Waals surface area contributed by atoms with Crippen molar-refractivity contribution in [1.29, 1.82) is 0 Å². The average Bonchev–Trinajstić information content (AvgIpc) is 2.93. The maximum absolute atomic E-state index is 13.6. The van der Waals surface area contributed by atoms with E-state index in [1.54, 1.807) is 12.3 Å². The molecule has 2 heterocycles. The summed E-state index contributed by atoms with van der Waals surface area (Å²) in [4.78, 5) is 5.18. The molecular weight excluding hydrogens is 234 g/mol. The van der Waals surface area contributed by atoms with E-state index in [1.807, 2.05) is 0 Å². The summed E-state index contributed by atoms with van der Waals surface area (Å²) >= 11 is 0. The Balaban J connectivity index is 1.96. The molecule has 1 aromatic heterocycles. The minimum atomic E-state index is -0.797. The molecule has 96 valence electrons. The van der Waals surface area contributed by atoms with Crippen LogP contribution in [0.3, 0.4) is 0 Å². The standard InChI is InChI=1S/C14H16F2N2/c1-18-6-2-3-10(18)7-9-8-17-14-11(9)4-5-12(15)13(14)16/h4-5,8,10,17H,2-3,6-7H2,1H3. The first-order chi connectivity index (χ1) is 8.66. The summed E-state index contributed by atoms with van der Waals surface area (Å²) in [6, 6.07) is 3.37. The predicted molar refractivity (Wildman–Crippen MR) is 67.6 cm³/mol. The summed E-state index contributed by atoms with van der Waals surface area (Å²) in [5, 5.41) is 0.800. The molecule has 1 atom stereocenters. The maximum Gasteiger partial charge on any atom is 0.182 e. The molecule has 2 nitrogen and oxygen atoms in total. The van der Waals surface area contributed by atoms with Gasteiger partial charge in [-0.3, -0.25) is 0 Å². The van der Waals surface area contributed by atoms with E-state index in [4.69, 9.17) is 0 Å². The molecule has 1 aromatic carbocycles. The Morgan fingerprint density at radius 2 is 2.22 bits per heavy atom. The number of hydrogen-bond donors (Lipinski definition) is 1. The number of halogens is 2. The molecule has 1 aliphatic heterocycles. The van der Waals surface area contributed by atoms with Crippen molar-refractivity contribution >= 4 is 10.9 Å². The fourth-order valence-electron chi connectivity index (χ4n) is 2.86. The van der Waals surface area contributed by atoms with Gasteiger partial charge in [0.15, 0.2) is 11.6 Å². The highest BCUT2D eigenvalue weighted by Gasteiger charge is 2.22. The second-order valence-corrected chi connectivity index (χ2v) is 5.08. The van der Waals surface area contributed by atoms with Gasteiger partial charge in [-0.15, -0.1) is 0 Å². The van der Waals surface area contributed by atoms with Crippen molar-refractivity contribution in [3.8, 4) is 0 Å². The molecule has 1 fully saturated rings. The normalized spacial score (nSPS) is 20.9. The fraction of sp³-hybridized carbons (Fsp3) is 0.429. The van der Waals surface area contributed by atoms with Crippen LogP contribution in [0.25, 0.3) is 10.9 Å². The summed E-state index contributed by atoms with van der Waals surface area (Å²) in [5.41, 5.74) is 1.35. The van der Waals surface area contributed by atoms with Crippen LogP contribution in [0.4, 0.5) is 8.78 Å². The second-order valence-electron chi connectivity index (χ2n) is 5.08. The maximum atomic E-state index is 13.6. The molecule has 4 heteroatoms. The van der Waals surface area contributed by atoms with Gasteiger partial charge in [0.1, 0.15) is 0 Å². The highest BCUT2D eigenvalue weighted by molar-refractivity contribution is 5.83. The van der Waals surface area contributed by atoms with Crippen LogP contribution in [0.2, 0.25) is 0 Å². The van der Waals surface area contributed by atoms with Crippen LogP contribution in [0, 0.1) is 11.6 Å². The molecule has 0 radical (unpaired) electrons. The zero-order valence-corrected chi connectivity index (χ0v) is 10.3. The fourth-order valence-corrected chi connectivity index (χ4v) is 2.86. The van der Waals surface area contributed by atoms with Gasteiger partial charge in [-0.05, 0) is 50.6 Å². The number of H-pyrrole nitrogens is 1. The van der Waals surface area contributed by atoms with E-state index in [1.165, 1.54) is 18.9 Å². The van der Waals surface area contributed by atoms with Crippen LogP contribution in [-0.4, -0.2) is 29.5 Å². The molecule has 0 bridgehead atoms. The lowest BCUT2D eigenvalue weighted by molar-refractivity contribution is 0.310. The molecule has 3 rings (SSSR count). The summed E-state index contributed by atoms with van der Waals surface area (Å²) in [6.45, 7) is 1.12. The first-order valence-corrected chi connectivity index (χ1v) is 6.31. The Morgan fingerprint density at radius 3 is 2.94 bits per heavy atom.